The van der Waals surface area contributed by atoms with Crippen LogP contribution in [0.2, 0.25) is 0 Å². The minimum Gasteiger partial charge on any atom is -0.235 e. The van der Waals surface area contributed by atoms with Gasteiger partial charge in [0.05, 0.1) is 11.4 Å². The van der Waals surface area contributed by atoms with E-state index in [1.807, 2.05) is 48.5 Å². The molecule has 0 aliphatic heterocycles. The van der Waals surface area contributed by atoms with Crippen LogP contribution in [0.15, 0.2) is 68.2 Å². The van der Waals surface area contributed by atoms with Crippen LogP contribution in [0.1, 0.15) is 22.7 Å². The molecule has 0 aliphatic rings. The van der Waals surface area contributed by atoms with Gasteiger partial charge in [-0.15, -0.1) is 22.7 Å². The molecular weight excluding hydrogens is 609 g/mol. The summed E-state index contributed by atoms with van der Waals surface area (Å²) in [5.41, 5.74) is 2.67. The Morgan fingerprint density at radius 3 is 1.50 bits per heavy atom. The largest absolute Gasteiger partial charge is 0.704 e. The van der Waals surface area contributed by atoms with Gasteiger partial charge in [0.15, 0.2) is 10.0 Å². The average Bonchev–Trinajstić information content (AvgIpc) is 3.45. The van der Waals surface area contributed by atoms with Gasteiger partial charge < -0.3 is 0 Å². The Hall–Kier alpha value is -1.46. The van der Waals surface area contributed by atoms with E-state index in [0.29, 0.717) is 11.4 Å². The summed E-state index contributed by atoms with van der Waals surface area (Å²) in [5.74, 6) is 0. The molecule has 0 radical (unpaired) electrons. The van der Waals surface area contributed by atoms with Crippen molar-refractivity contribution < 1.29 is 22.4 Å². The minimum atomic E-state index is -3.08. The Morgan fingerprint density at radius 1 is 0.750 bits per heavy atom. The highest BCUT2D eigenvalue weighted by atomic mass is 79.9. The van der Waals surface area contributed by atoms with Crippen molar-refractivity contribution in [3.63, 3.8) is 0 Å². The summed E-state index contributed by atoms with van der Waals surface area (Å²) in [5, 5.41) is 3.22. The second-order valence-electron chi connectivity index (χ2n) is 6.22. The monoisotopic (exact) mass is 619 g/mol. The first-order valence-electron chi connectivity index (χ1n) is 8.91. The lowest BCUT2D eigenvalue weighted by atomic mass is 10.2. The molecule has 0 saturated carbocycles. The number of benzene rings is 2. The quantitative estimate of drug-likeness (QED) is 0.184. The smallest absolute Gasteiger partial charge is 0.235 e. The van der Waals surface area contributed by atoms with Gasteiger partial charge in [-0.1, -0.05) is 65.2 Å². The van der Waals surface area contributed by atoms with Gasteiger partial charge in [0.25, 0.3) is 0 Å². The van der Waals surface area contributed by atoms with E-state index in [1.54, 1.807) is 10.8 Å². The summed E-state index contributed by atoms with van der Waals surface area (Å²) in [6, 6.07) is 14.6. The molecule has 0 amide bonds. The Kier molecular flexibility index (Phi) is 7.88. The summed E-state index contributed by atoms with van der Waals surface area (Å²) < 4.78 is 52.0. The van der Waals surface area contributed by atoms with E-state index in [1.165, 1.54) is 0 Å². The molecule has 0 saturated heterocycles. The van der Waals surface area contributed by atoms with Crippen LogP contribution in [0.5, 0.6) is 0 Å². The SMILES string of the molecule is O=[P+](OC(F)c1nc(-c2ccc(Br)cc2)cs1)OC(F)c1nc(-c2ccc(Br)cc2)cs1. The maximum absolute atomic E-state index is 14.4. The van der Waals surface area contributed by atoms with Crippen molar-refractivity contribution in [1.82, 2.24) is 9.97 Å². The predicted molar refractivity (Wildman–Crippen MR) is 128 cm³/mol. The van der Waals surface area contributed by atoms with Gasteiger partial charge in [0, 0.05) is 35.4 Å². The maximum atomic E-state index is 14.4. The number of alkyl halides is 2. The van der Waals surface area contributed by atoms with Crippen molar-refractivity contribution in [1.29, 1.82) is 0 Å². The Bertz CT molecular complexity index is 1130. The van der Waals surface area contributed by atoms with Gasteiger partial charge in [-0.25, -0.2) is 18.7 Å². The topological polar surface area (TPSA) is 61.3 Å². The zero-order valence-corrected chi connectivity index (χ0v) is 21.5. The van der Waals surface area contributed by atoms with Crippen LogP contribution in [0.3, 0.4) is 0 Å². The first-order chi connectivity index (χ1) is 15.4. The van der Waals surface area contributed by atoms with E-state index in [0.717, 1.165) is 42.7 Å². The third-order valence-electron chi connectivity index (χ3n) is 4.07. The van der Waals surface area contributed by atoms with Crippen molar-refractivity contribution in [3.8, 4) is 22.5 Å². The molecule has 0 fully saturated rings. The van der Waals surface area contributed by atoms with E-state index < -0.39 is 21.0 Å². The van der Waals surface area contributed by atoms with Crippen LogP contribution in [0, 0.1) is 0 Å². The molecule has 2 heterocycles. The maximum Gasteiger partial charge on any atom is 0.704 e. The number of nitrogens with zero attached hydrogens (tertiary/aromatic N) is 2. The van der Waals surface area contributed by atoms with Crippen molar-refractivity contribution >= 4 is 62.8 Å². The molecule has 2 aromatic heterocycles. The summed E-state index contributed by atoms with van der Waals surface area (Å²) in [4.78, 5) is 8.31. The normalized spacial score (nSPS) is 13.7. The second-order valence-corrected chi connectivity index (χ2v) is 10.7. The van der Waals surface area contributed by atoms with E-state index in [2.05, 4.69) is 41.8 Å². The first-order valence-corrected chi connectivity index (χ1v) is 13.3. The van der Waals surface area contributed by atoms with E-state index >= 15 is 0 Å². The molecule has 2 atom stereocenters. The molecule has 0 bridgehead atoms. The molecule has 12 heteroatoms. The van der Waals surface area contributed by atoms with Crippen LogP contribution >= 0.6 is 62.8 Å². The van der Waals surface area contributed by atoms with Gasteiger partial charge in [-0.2, -0.15) is 0 Å². The lowest BCUT2D eigenvalue weighted by Crippen LogP contribution is -1.97. The lowest BCUT2D eigenvalue weighted by molar-refractivity contribution is 0.0126. The number of thiazole rings is 2. The Morgan fingerprint density at radius 2 is 1.12 bits per heavy atom. The summed E-state index contributed by atoms with van der Waals surface area (Å²) in [6.45, 7) is 0. The van der Waals surface area contributed by atoms with Gasteiger partial charge >= 0.3 is 21.0 Å². The van der Waals surface area contributed by atoms with Gasteiger partial charge in [0.2, 0.25) is 0 Å². The number of aromatic nitrogens is 2. The molecule has 0 spiro atoms. The number of halogens is 4. The minimum absolute atomic E-state index is 0.0444. The van der Waals surface area contributed by atoms with E-state index in [4.69, 9.17) is 9.05 Å². The zero-order valence-electron chi connectivity index (χ0n) is 15.8. The van der Waals surface area contributed by atoms with Crippen LogP contribution in [0.4, 0.5) is 8.78 Å². The van der Waals surface area contributed by atoms with E-state index in [9.17, 15) is 13.3 Å². The third kappa shape index (κ3) is 5.91. The fourth-order valence-electron chi connectivity index (χ4n) is 2.56. The van der Waals surface area contributed by atoms with Crippen LogP contribution in [-0.2, 0) is 13.6 Å². The van der Waals surface area contributed by atoms with Crippen molar-refractivity contribution in [3.05, 3.63) is 78.3 Å². The second kappa shape index (κ2) is 10.6. The van der Waals surface area contributed by atoms with E-state index in [-0.39, 0.29) is 10.0 Å². The standard InChI is InChI=1S/C20H12Br2F2N2O3PS2/c21-13-5-1-11(2-6-13)15-9-31-19(25-15)17(23)28-30(27)29-18(24)20-26-16(10-32-20)12-3-7-14(22)8-4-12/h1-10,17-18H/q+1. The summed E-state index contributed by atoms with van der Waals surface area (Å²) in [7, 11) is -3.08. The zero-order chi connectivity index (χ0) is 22.7. The molecule has 4 rings (SSSR count). The molecule has 4 aromatic rings. The first kappa shape index (κ1) is 23.7. The highest BCUT2D eigenvalue weighted by molar-refractivity contribution is 9.10. The van der Waals surface area contributed by atoms with Crippen molar-refractivity contribution in [2.24, 2.45) is 0 Å². The number of rotatable bonds is 8. The van der Waals surface area contributed by atoms with Crippen molar-refractivity contribution in [2.45, 2.75) is 12.7 Å². The average molecular weight is 621 g/mol. The number of hydrogen-bond donors (Lipinski definition) is 0. The highest BCUT2D eigenvalue weighted by Crippen LogP contribution is 2.41. The highest BCUT2D eigenvalue weighted by Gasteiger charge is 2.36. The molecule has 2 aromatic carbocycles. The van der Waals surface area contributed by atoms with Crippen molar-refractivity contribution in [2.75, 3.05) is 0 Å². The van der Waals surface area contributed by atoms with Gasteiger partial charge in [-0.05, 0) is 24.3 Å². The Labute approximate surface area is 207 Å². The van der Waals surface area contributed by atoms with Crippen LogP contribution < -0.4 is 0 Å². The summed E-state index contributed by atoms with van der Waals surface area (Å²) >= 11 is 8.69. The van der Waals surface area contributed by atoms with Crippen LogP contribution in [-0.4, -0.2) is 9.97 Å². The molecule has 2 unspecified atom stereocenters. The molecule has 164 valence electrons. The van der Waals surface area contributed by atoms with Gasteiger partial charge in [0.1, 0.15) is 0 Å². The lowest BCUT2D eigenvalue weighted by Gasteiger charge is -1.99. The fraction of sp³-hybridized carbons (Fsp3) is 0.100. The number of hydrogen-bond acceptors (Lipinski definition) is 7. The van der Waals surface area contributed by atoms with Gasteiger partial charge in [-0.3, -0.25) is 0 Å². The fourth-order valence-corrected chi connectivity index (χ4v) is 5.23. The van der Waals surface area contributed by atoms with Crippen LogP contribution in [0.25, 0.3) is 22.5 Å². The summed E-state index contributed by atoms with van der Waals surface area (Å²) in [6.07, 6.45) is -4.23. The predicted octanol–water partition coefficient (Wildman–Crippen LogP) is 8.79. The molecule has 0 N–H and O–H groups in total. The molecule has 0 aliphatic carbocycles. The Balaban J connectivity index is 1.35. The third-order valence-corrected chi connectivity index (χ3v) is 7.56. The molecular formula is C20H12Br2F2N2O3PS2+. The molecule has 5 nitrogen and oxygen atoms in total. The molecule has 32 heavy (non-hydrogen) atoms.